The molecule has 114 valence electrons. The minimum absolute atomic E-state index is 0.119. The number of hydrogen-bond acceptors (Lipinski definition) is 3. The lowest BCUT2D eigenvalue weighted by molar-refractivity contribution is -0.139. The highest BCUT2D eigenvalue weighted by atomic mass is 35.5. The third kappa shape index (κ3) is 3.95. The summed E-state index contributed by atoms with van der Waals surface area (Å²) in [5, 5.41) is 12.3. The van der Waals surface area contributed by atoms with Gasteiger partial charge in [0.25, 0.3) is 5.91 Å². The number of carbonyl (C=O) groups is 2. The van der Waals surface area contributed by atoms with Gasteiger partial charge in [0, 0.05) is 13.2 Å². The van der Waals surface area contributed by atoms with Gasteiger partial charge in [-0.1, -0.05) is 17.7 Å². The number of ether oxygens (including phenoxy) is 1. The van der Waals surface area contributed by atoms with Crippen molar-refractivity contribution in [2.45, 2.75) is 31.7 Å². The van der Waals surface area contributed by atoms with Gasteiger partial charge in [-0.3, -0.25) is 9.59 Å². The van der Waals surface area contributed by atoms with Gasteiger partial charge in [-0.15, -0.1) is 0 Å². The summed E-state index contributed by atoms with van der Waals surface area (Å²) in [6.45, 7) is 2.77. The Hall–Kier alpha value is -1.59. The third-order valence-corrected chi connectivity index (χ3v) is 4.00. The number of rotatable bonds is 4. The summed E-state index contributed by atoms with van der Waals surface area (Å²) in [6, 6.07) is 5.17. The zero-order valence-electron chi connectivity index (χ0n) is 11.8. The molecule has 2 N–H and O–H groups in total. The molecule has 1 aromatic carbocycles. The van der Waals surface area contributed by atoms with E-state index in [1.807, 2.05) is 6.92 Å². The summed E-state index contributed by atoms with van der Waals surface area (Å²) in [6.07, 6.45) is 0.842. The van der Waals surface area contributed by atoms with Crippen LogP contribution >= 0.6 is 11.6 Å². The number of hydrogen-bond donors (Lipinski definition) is 2. The Kier molecular flexibility index (Phi) is 4.85. The van der Waals surface area contributed by atoms with Crippen molar-refractivity contribution in [1.82, 2.24) is 5.32 Å². The SMILES string of the molecule is Cc1ccc(C(=O)NC2(CC(=O)O)CCOCC2)c(Cl)c1. The second kappa shape index (κ2) is 6.45. The standard InChI is InChI=1S/C15H18ClNO4/c1-10-2-3-11(12(16)8-10)14(20)17-15(9-13(18)19)4-6-21-7-5-15/h2-3,8H,4-7,9H2,1H3,(H,17,20)(H,18,19). The second-order valence-corrected chi connectivity index (χ2v) is 5.81. The molecule has 0 atom stereocenters. The molecule has 0 spiro atoms. The summed E-state index contributed by atoms with van der Waals surface area (Å²) in [5.41, 5.74) is 0.552. The predicted octanol–water partition coefficient (Wildman–Crippen LogP) is 2.40. The quantitative estimate of drug-likeness (QED) is 0.895. The zero-order valence-corrected chi connectivity index (χ0v) is 12.6. The van der Waals surface area contributed by atoms with E-state index in [1.54, 1.807) is 18.2 Å². The number of amides is 1. The van der Waals surface area contributed by atoms with Crippen molar-refractivity contribution in [3.63, 3.8) is 0 Å². The van der Waals surface area contributed by atoms with Crippen LogP contribution in [0.1, 0.15) is 35.2 Å². The van der Waals surface area contributed by atoms with Crippen LogP contribution in [0.25, 0.3) is 0 Å². The van der Waals surface area contributed by atoms with Crippen LogP contribution in [0.15, 0.2) is 18.2 Å². The number of benzene rings is 1. The number of halogens is 1. The van der Waals surface area contributed by atoms with Gasteiger partial charge in [0.2, 0.25) is 0 Å². The fraction of sp³-hybridized carbons (Fsp3) is 0.467. The maximum Gasteiger partial charge on any atom is 0.305 e. The van der Waals surface area contributed by atoms with Gasteiger partial charge in [-0.2, -0.15) is 0 Å². The topological polar surface area (TPSA) is 75.6 Å². The van der Waals surface area contributed by atoms with Gasteiger partial charge < -0.3 is 15.2 Å². The summed E-state index contributed by atoms with van der Waals surface area (Å²) in [4.78, 5) is 23.5. The van der Waals surface area contributed by atoms with Gasteiger partial charge in [0.05, 0.1) is 22.5 Å². The first kappa shape index (κ1) is 15.8. The van der Waals surface area contributed by atoms with Crippen molar-refractivity contribution >= 4 is 23.5 Å². The lowest BCUT2D eigenvalue weighted by atomic mass is 9.86. The van der Waals surface area contributed by atoms with Crippen LogP contribution in [0, 0.1) is 6.92 Å². The molecule has 0 saturated carbocycles. The van der Waals surface area contributed by atoms with E-state index in [9.17, 15) is 9.59 Å². The molecule has 0 aromatic heterocycles. The minimum Gasteiger partial charge on any atom is -0.481 e. The Bertz CT molecular complexity index is 553. The minimum atomic E-state index is -0.938. The maximum atomic E-state index is 12.4. The molecule has 0 radical (unpaired) electrons. The molecular formula is C15H18ClNO4. The molecule has 21 heavy (non-hydrogen) atoms. The molecule has 1 aromatic rings. The Morgan fingerprint density at radius 1 is 1.38 bits per heavy atom. The molecule has 0 aliphatic carbocycles. The zero-order chi connectivity index (χ0) is 15.5. The average Bonchev–Trinajstić information content (AvgIpc) is 2.38. The molecule has 1 aliphatic rings. The van der Waals surface area contributed by atoms with Crippen molar-refractivity contribution in [2.75, 3.05) is 13.2 Å². The Morgan fingerprint density at radius 3 is 2.62 bits per heavy atom. The molecule has 5 nitrogen and oxygen atoms in total. The van der Waals surface area contributed by atoms with Crippen LogP contribution < -0.4 is 5.32 Å². The summed E-state index contributed by atoms with van der Waals surface area (Å²) in [5.74, 6) is -1.28. The van der Waals surface area contributed by atoms with Crippen molar-refractivity contribution in [3.05, 3.63) is 34.3 Å². The van der Waals surface area contributed by atoms with Crippen molar-refractivity contribution in [1.29, 1.82) is 0 Å². The van der Waals surface area contributed by atoms with Gasteiger partial charge >= 0.3 is 5.97 Å². The summed E-state index contributed by atoms with van der Waals surface area (Å²) in [7, 11) is 0. The fourth-order valence-corrected chi connectivity index (χ4v) is 2.83. The number of aryl methyl sites for hydroxylation is 1. The van der Waals surface area contributed by atoms with Crippen LogP contribution in [0.3, 0.4) is 0 Å². The summed E-state index contributed by atoms with van der Waals surface area (Å²) >= 11 is 6.09. The van der Waals surface area contributed by atoms with E-state index < -0.39 is 11.5 Å². The van der Waals surface area contributed by atoms with E-state index in [0.717, 1.165) is 5.56 Å². The molecule has 1 aliphatic heterocycles. The van der Waals surface area contributed by atoms with E-state index in [2.05, 4.69) is 5.32 Å². The molecule has 1 amide bonds. The molecule has 1 heterocycles. The maximum absolute atomic E-state index is 12.4. The number of nitrogens with one attached hydrogen (secondary N) is 1. The molecule has 0 unspecified atom stereocenters. The molecular weight excluding hydrogens is 294 g/mol. The van der Waals surface area contributed by atoms with Crippen LogP contribution in [-0.4, -0.2) is 35.7 Å². The largest absolute Gasteiger partial charge is 0.481 e. The van der Waals surface area contributed by atoms with E-state index >= 15 is 0 Å². The molecule has 0 bridgehead atoms. The fourth-order valence-electron chi connectivity index (χ4n) is 2.51. The van der Waals surface area contributed by atoms with E-state index in [0.29, 0.717) is 36.6 Å². The van der Waals surface area contributed by atoms with E-state index in [1.165, 1.54) is 0 Å². The molecule has 1 saturated heterocycles. The smallest absolute Gasteiger partial charge is 0.305 e. The molecule has 6 heteroatoms. The van der Waals surface area contributed by atoms with Crippen molar-refractivity contribution < 1.29 is 19.4 Å². The average molecular weight is 312 g/mol. The van der Waals surface area contributed by atoms with Crippen LogP contribution in [0.2, 0.25) is 5.02 Å². The van der Waals surface area contributed by atoms with E-state index in [-0.39, 0.29) is 12.3 Å². The van der Waals surface area contributed by atoms with Crippen LogP contribution in [-0.2, 0) is 9.53 Å². The van der Waals surface area contributed by atoms with Gasteiger partial charge in [-0.05, 0) is 37.5 Å². The van der Waals surface area contributed by atoms with E-state index in [4.69, 9.17) is 21.4 Å². The second-order valence-electron chi connectivity index (χ2n) is 5.40. The first-order valence-corrected chi connectivity index (χ1v) is 7.18. The number of carbonyl (C=O) groups excluding carboxylic acids is 1. The van der Waals surface area contributed by atoms with Gasteiger partial charge in [0.1, 0.15) is 0 Å². The highest BCUT2D eigenvalue weighted by Crippen LogP contribution is 2.26. The van der Waals surface area contributed by atoms with Gasteiger partial charge in [0.15, 0.2) is 0 Å². The number of carboxylic acids is 1. The number of aliphatic carboxylic acids is 1. The number of carboxylic acid groups (broad SMARTS) is 1. The lowest BCUT2D eigenvalue weighted by Gasteiger charge is -2.36. The monoisotopic (exact) mass is 311 g/mol. The first-order chi connectivity index (χ1) is 9.92. The summed E-state index contributed by atoms with van der Waals surface area (Å²) < 4.78 is 5.26. The predicted molar refractivity (Wildman–Crippen MR) is 78.7 cm³/mol. The normalized spacial score (nSPS) is 17.2. The third-order valence-electron chi connectivity index (χ3n) is 3.69. The Labute approximate surface area is 128 Å². The first-order valence-electron chi connectivity index (χ1n) is 6.80. The lowest BCUT2D eigenvalue weighted by Crippen LogP contribution is -2.53. The van der Waals surface area contributed by atoms with Crippen LogP contribution in [0.5, 0.6) is 0 Å². The molecule has 1 fully saturated rings. The van der Waals surface area contributed by atoms with Crippen molar-refractivity contribution in [2.24, 2.45) is 0 Å². The van der Waals surface area contributed by atoms with Crippen LogP contribution in [0.4, 0.5) is 0 Å². The highest BCUT2D eigenvalue weighted by molar-refractivity contribution is 6.33. The Morgan fingerprint density at radius 2 is 2.05 bits per heavy atom. The van der Waals surface area contributed by atoms with Crippen molar-refractivity contribution in [3.8, 4) is 0 Å². The van der Waals surface area contributed by atoms with Gasteiger partial charge in [-0.25, -0.2) is 0 Å². The highest BCUT2D eigenvalue weighted by Gasteiger charge is 2.36. The Balaban J connectivity index is 2.19. The molecule has 2 rings (SSSR count).